The van der Waals surface area contributed by atoms with Gasteiger partial charge >= 0.3 is 0 Å². The van der Waals surface area contributed by atoms with E-state index in [2.05, 4.69) is 5.32 Å². The first-order chi connectivity index (χ1) is 16.5. The van der Waals surface area contributed by atoms with Crippen molar-refractivity contribution in [2.45, 2.75) is 39.3 Å². The number of benzene rings is 3. The van der Waals surface area contributed by atoms with E-state index in [0.717, 1.165) is 23.1 Å². The van der Waals surface area contributed by atoms with Gasteiger partial charge < -0.3 is 15.0 Å². The molecule has 0 aliphatic carbocycles. The molecule has 0 bridgehead atoms. The molecule has 1 N–H and O–H groups in total. The second-order valence-electron chi connectivity index (χ2n) is 8.25. The van der Waals surface area contributed by atoms with Gasteiger partial charge in [0.15, 0.2) is 6.61 Å². The minimum absolute atomic E-state index is 0.160. The van der Waals surface area contributed by atoms with Crippen LogP contribution in [0.15, 0.2) is 78.9 Å². The first-order valence-corrected chi connectivity index (χ1v) is 11.5. The molecule has 0 aromatic heterocycles. The fourth-order valence-electron chi connectivity index (χ4n) is 3.64. The lowest BCUT2D eigenvalue weighted by atomic mass is 10.0. The summed E-state index contributed by atoms with van der Waals surface area (Å²) in [5.41, 5.74) is 2.69. The zero-order valence-corrected chi connectivity index (χ0v) is 19.7. The van der Waals surface area contributed by atoms with Crippen molar-refractivity contribution in [3.05, 3.63) is 101 Å². The van der Waals surface area contributed by atoms with E-state index in [1.165, 1.54) is 17.0 Å². The normalized spacial score (nSPS) is 11.5. The van der Waals surface area contributed by atoms with Crippen molar-refractivity contribution in [1.82, 2.24) is 10.2 Å². The van der Waals surface area contributed by atoms with Crippen molar-refractivity contribution < 1.29 is 18.7 Å². The van der Waals surface area contributed by atoms with Crippen molar-refractivity contribution in [1.29, 1.82) is 0 Å². The maximum atomic E-state index is 13.5. The van der Waals surface area contributed by atoms with Crippen LogP contribution in [0.5, 0.6) is 5.75 Å². The molecule has 3 aromatic rings. The number of carbonyl (C=O) groups is 2. The van der Waals surface area contributed by atoms with Crippen molar-refractivity contribution in [2.24, 2.45) is 0 Å². The number of nitrogens with zero attached hydrogens (tertiary/aromatic N) is 1. The molecule has 5 nitrogen and oxygen atoms in total. The summed E-state index contributed by atoms with van der Waals surface area (Å²) in [5.74, 6) is -0.314. The molecular weight excluding hydrogens is 431 g/mol. The van der Waals surface area contributed by atoms with E-state index in [0.29, 0.717) is 18.7 Å². The molecule has 3 rings (SSSR count). The monoisotopic (exact) mass is 462 g/mol. The van der Waals surface area contributed by atoms with Crippen molar-refractivity contribution in [3.8, 4) is 5.75 Å². The summed E-state index contributed by atoms with van der Waals surface area (Å²) in [5, 5.41) is 2.93. The third-order valence-corrected chi connectivity index (χ3v) is 5.44. The van der Waals surface area contributed by atoms with E-state index in [1.54, 1.807) is 18.2 Å². The lowest BCUT2D eigenvalue weighted by Crippen LogP contribution is -2.51. The molecule has 0 saturated heterocycles. The minimum atomic E-state index is -0.743. The van der Waals surface area contributed by atoms with Crippen LogP contribution >= 0.6 is 0 Å². The minimum Gasteiger partial charge on any atom is -0.484 e. The van der Waals surface area contributed by atoms with Crippen LogP contribution < -0.4 is 10.1 Å². The van der Waals surface area contributed by atoms with E-state index >= 15 is 0 Å². The third-order valence-electron chi connectivity index (χ3n) is 5.44. The number of rotatable bonds is 11. The van der Waals surface area contributed by atoms with Gasteiger partial charge in [0.25, 0.3) is 5.91 Å². The predicted octanol–water partition coefficient (Wildman–Crippen LogP) is 4.68. The van der Waals surface area contributed by atoms with E-state index in [-0.39, 0.29) is 30.8 Å². The van der Waals surface area contributed by atoms with Crippen molar-refractivity contribution in [2.75, 3.05) is 13.2 Å². The molecule has 0 aliphatic rings. The number of hydrogen-bond donors (Lipinski definition) is 1. The molecular formula is C28H31FN2O3. The van der Waals surface area contributed by atoms with E-state index in [9.17, 15) is 14.0 Å². The number of carbonyl (C=O) groups excluding carboxylic acids is 2. The second kappa shape index (κ2) is 12.5. The Labute approximate surface area is 200 Å². The Balaban J connectivity index is 1.88. The van der Waals surface area contributed by atoms with Gasteiger partial charge in [-0.3, -0.25) is 9.59 Å². The van der Waals surface area contributed by atoms with Crippen molar-refractivity contribution in [3.63, 3.8) is 0 Å². The molecule has 178 valence electrons. The number of halogens is 1. The maximum Gasteiger partial charge on any atom is 0.261 e. The van der Waals surface area contributed by atoms with Crippen LogP contribution in [-0.2, 0) is 22.6 Å². The lowest BCUT2D eigenvalue weighted by molar-refractivity contribution is -0.142. The van der Waals surface area contributed by atoms with E-state index in [4.69, 9.17) is 4.74 Å². The Bertz CT molecular complexity index is 1070. The van der Waals surface area contributed by atoms with Crippen LogP contribution in [0.2, 0.25) is 0 Å². The topological polar surface area (TPSA) is 58.6 Å². The summed E-state index contributed by atoms with van der Waals surface area (Å²) in [7, 11) is 0. The molecule has 3 aromatic carbocycles. The highest BCUT2D eigenvalue weighted by Crippen LogP contribution is 2.17. The summed E-state index contributed by atoms with van der Waals surface area (Å²) in [6.45, 7) is 4.39. The number of aryl methyl sites for hydroxylation is 1. The van der Waals surface area contributed by atoms with Gasteiger partial charge in [0.05, 0.1) is 0 Å². The largest absolute Gasteiger partial charge is 0.484 e. The molecule has 0 fully saturated rings. The van der Waals surface area contributed by atoms with Crippen LogP contribution in [-0.4, -0.2) is 35.9 Å². The van der Waals surface area contributed by atoms with Crippen LogP contribution in [0, 0.1) is 12.7 Å². The Morgan fingerprint density at radius 1 is 0.971 bits per heavy atom. The van der Waals surface area contributed by atoms with Crippen LogP contribution in [0.3, 0.4) is 0 Å². The molecule has 0 radical (unpaired) electrons. The molecule has 34 heavy (non-hydrogen) atoms. The Kier molecular flexibility index (Phi) is 9.21. The predicted molar refractivity (Wildman–Crippen MR) is 131 cm³/mol. The summed E-state index contributed by atoms with van der Waals surface area (Å²) in [4.78, 5) is 28.2. The van der Waals surface area contributed by atoms with Gasteiger partial charge in [-0.15, -0.1) is 0 Å². The fraction of sp³-hybridized carbons (Fsp3) is 0.286. The van der Waals surface area contributed by atoms with Gasteiger partial charge in [-0.2, -0.15) is 0 Å². The summed E-state index contributed by atoms with van der Waals surface area (Å²) in [6, 6.07) is 22.3. The van der Waals surface area contributed by atoms with Gasteiger partial charge in [0, 0.05) is 19.5 Å². The maximum absolute atomic E-state index is 13.5. The molecule has 0 spiro atoms. The Morgan fingerprint density at radius 3 is 2.38 bits per heavy atom. The average molecular weight is 463 g/mol. The smallest absolute Gasteiger partial charge is 0.261 e. The van der Waals surface area contributed by atoms with Gasteiger partial charge in [-0.05, 0) is 54.3 Å². The average Bonchev–Trinajstić information content (AvgIpc) is 2.85. The molecule has 0 heterocycles. The lowest BCUT2D eigenvalue weighted by Gasteiger charge is -2.31. The highest BCUT2D eigenvalue weighted by Gasteiger charge is 2.30. The molecule has 2 amide bonds. The third kappa shape index (κ3) is 7.44. The highest BCUT2D eigenvalue weighted by molar-refractivity contribution is 5.88. The highest BCUT2D eigenvalue weighted by atomic mass is 19.1. The Hall–Kier alpha value is -3.67. The summed E-state index contributed by atoms with van der Waals surface area (Å²) >= 11 is 0. The molecule has 0 unspecified atom stereocenters. The van der Waals surface area contributed by atoms with Crippen LogP contribution in [0.1, 0.15) is 30.0 Å². The summed E-state index contributed by atoms with van der Waals surface area (Å²) < 4.78 is 19.2. The van der Waals surface area contributed by atoms with Crippen LogP contribution in [0.25, 0.3) is 0 Å². The number of nitrogens with one attached hydrogen (secondary N) is 1. The molecule has 6 heteroatoms. The van der Waals surface area contributed by atoms with Gasteiger partial charge in [0.2, 0.25) is 5.91 Å². The summed E-state index contributed by atoms with van der Waals surface area (Å²) in [6.07, 6.45) is 1.14. The fourth-order valence-corrected chi connectivity index (χ4v) is 3.64. The second-order valence-corrected chi connectivity index (χ2v) is 8.25. The quantitative estimate of drug-likeness (QED) is 0.450. The number of ether oxygens (including phenoxy) is 1. The first kappa shape index (κ1) is 25.0. The standard InChI is InChI=1S/C28H31FN2O3/c1-3-16-30-28(33)26(18-22-9-5-4-6-10-22)31(19-23-12-14-24(29)15-13-23)27(32)20-34-25-11-7-8-21(2)17-25/h4-15,17,26H,3,16,18-20H2,1-2H3,(H,30,33)/t26-/m0/s1. The van der Waals surface area contributed by atoms with Gasteiger partial charge in [-0.1, -0.05) is 61.5 Å². The first-order valence-electron chi connectivity index (χ1n) is 11.5. The van der Waals surface area contributed by atoms with Gasteiger partial charge in [0.1, 0.15) is 17.6 Å². The molecule has 0 aliphatic heterocycles. The molecule has 0 saturated carbocycles. The Morgan fingerprint density at radius 2 is 1.71 bits per heavy atom. The zero-order valence-electron chi connectivity index (χ0n) is 19.7. The number of hydrogen-bond acceptors (Lipinski definition) is 3. The van der Waals surface area contributed by atoms with E-state index < -0.39 is 6.04 Å². The molecule has 1 atom stereocenters. The van der Waals surface area contributed by atoms with E-state index in [1.807, 2.05) is 62.4 Å². The zero-order chi connectivity index (χ0) is 24.3. The number of amides is 2. The SMILES string of the molecule is CCCNC(=O)[C@H](Cc1ccccc1)N(Cc1ccc(F)cc1)C(=O)COc1cccc(C)c1. The van der Waals surface area contributed by atoms with Crippen LogP contribution in [0.4, 0.5) is 4.39 Å². The van der Waals surface area contributed by atoms with Crippen molar-refractivity contribution >= 4 is 11.8 Å². The van der Waals surface area contributed by atoms with Gasteiger partial charge in [-0.25, -0.2) is 4.39 Å².